The fourth-order valence-electron chi connectivity index (χ4n) is 2.19. The summed E-state index contributed by atoms with van der Waals surface area (Å²) in [5.41, 5.74) is 2.29. The van der Waals surface area contributed by atoms with Gasteiger partial charge in [0.25, 0.3) is 0 Å². The maximum atomic E-state index is 11.7. The lowest BCUT2D eigenvalue weighted by molar-refractivity contribution is 0.0519. The highest BCUT2D eigenvalue weighted by Crippen LogP contribution is 2.38. The normalized spacial score (nSPS) is 15.2. The van der Waals surface area contributed by atoms with Gasteiger partial charge in [-0.05, 0) is 37.3 Å². The maximum absolute atomic E-state index is 11.7. The van der Waals surface area contributed by atoms with Crippen LogP contribution < -0.4 is 10.1 Å². The zero-order valence-corrected chi connectivity index (χ0v) is 11.9. The molecule has 2 aromatic rings. The summed E-state index contributed by atoms with van der Waals surface area (Å²) < 4.78 is 10.7. The molecule has 1 atom stereocenters. The fourth-order valence-corrected chi connectivity index (χ4v) is 2.19. The molecule has 22 heavy (non-hydrogen) atoms. The number of esters is 1. The minimum Gasteiger partial charge on any atom is -0.464 e. The van der Waals surface area contributed by atoms with Crippen LogP contribution in [0.2, 0.25) is 0 Å². The molecule has 0 spiro atoms. The number of carbonyl (C=O) groups is 1. The summed E-state index contributed by atoms with van der Waals surface area (Å²) in [5, 5.41) is 12.1. The second kappa shape index (κ2) is 5.74. The molecule has 0 amide bonds. The lowest BCUT2D eigenvalue weighted by Crippen LogP contribution is -2.13. The number of anilines is 1. The number of carbonyl (C=O) groups excluding carboxylic acids is 1. The number of aromatic nitrogens is 1. The third-order valence-electron chi connectivity index (χ3n) is 3.21. The first-order valence-corrected chi connectivity index (χ1v) is 6.81. The monoisotopic (exact) mass is 295 g/mol. The van der Waals surface area contributed by atoms with E-state index in [-0.39, 0.29) is 5.69 Å². The molecule has 3 rings (SSSR count). The van der Waals surface area contributed by atoms with Crippen LogP contribution in [0.25, 0.3) is 0 Å². The Morgan fingerprint density at radius 1 is 1.45 bits per heavy atom. The molecule has 6 heteroatoms. The molecule has 1 aliphatic heterocycles. The molecular weight excluding hydrogens is 282 g/mol. The van der Waals surface area contributed by atoms with E-state index in [1.807, 2.05) is 0 Å². The number of nitrogens with one attached hydrogen (secondary N) is 1. The van der Waals surface area contributed by atoms with Gasteiger partial charge in [-0.2, -0.15) is 5.26 Å². The molecule has 1 aromatic carbocycles. The molecule has 0 radical (unpaired) electrons. The van der Waals surface area contributed by atoms with Gasteiger partial charge in [0.1, 0.15) is 11.4 Å². The molecule has 0 fully saturated rings. The van der Waals surface area contributed by atoms with Crippen molar-refractivity contribution >= 4 is 11.7 Å². The van der Waals surface area contributed by atoms with Crippen molar-refractivity contribution in [1.29, 1.82) is 5.26 Å². The molecule has 0 bridgehead atoms. The average molecular weight is 295 g/mol. The van der Waals surface area contributed by atoms with Crippen LogP contribution >= 0.6 is 0 Å². The maximum Gasteiger partial charge on any atom is 0.356 e. The standard InChI is InChI=1S/C16H13N3O3/c1-2-21-16(20)13-8-11(5-6-18-13)15-19-12-7-10(9-17)3-4-14(12)22-15/h3-8,15,19H,2H2,1H3. The van der Waals surface area contributed by atoms with E-state index < -0.39 is 12.2 Å². The number of rotatable bonds is 3. The number of pyridine rings is 1. The largest absolute Gasteiger partial charge is 0.464 e. The highest BCUT2D eigenvalue weighted by atomic mass is 16.5. The summed E-state index contributed by atoms with van der Waals surface area (Å²) >= 11 is 0. The molecule has 1 aromatic heterocycles. The van der Waals surface area contributed by atoms with E-state index in [4.69, 9.17) is 14.7 Å². The van der Waals surface area contributed by atoms with Crippen molar-refractivity contribution in [3.05, 3.63) is 53.3 Å². The van der Waals surface area contributed by atoms with Crippen molar-refractivity contribution in [2.75, 3.05) is 11.9 Å². The number of ether oxygens (including phenoxy) is 2. The molecule has 0 saturated carbocycles. The molecule has 0 aliphatic carbocycles. The molecule has 6 nitrogen and oxygen atoms in total. The van der Waals surface area contributed by atoms with E-state index in [1.165, 1.54) is 6.20 Å². The van der Waals surface area contributed by atoms with Crippen LogP contribution in [0.4, 0.5) is 5.69 Å². The second-order valence-corrected chi connectivity index (χ2v) is 4.66. The summed E-state index contributed by atoms with van der Waals surface area (Å²) in [7, 11) is 0. The Morgan fingerprint density at radius 3 is 3.09 bits per heavy atom. The van der Waals surface area contributed by atoms with Gasteiger partial charge in [0.05, 0.1) is 23.9 Å². The van der Waals surface area contributed by atoms with Gasteiger partial charge in [0.2, 0.25) is 0 Å². The Bertz CT molecular complexity index is 767. The SMILES string of the molecule is CCOC(=O)c1cc(C2Nc3cc(C#N)ccc3O2)ccn1. The number of benzene rings is 1. The number of nitriles is 1. The minimum absolute atomic E-state index is 0.235. The van der Waals surface area contributed by atoms with Gasteiger partial charge in [-0.1, -0.05) is 0 Å². The zero-order chi connectivity index (χ0) is 15.5. The first kappa shape index (κ1) is 13.9. The molecular formula is C16H13N3O3. The molecule has 1 aliphatic rings. The molecule has 0 saturated heterocycles. The van der Waals surface area contributed by atoms with Crippen molar-refractivity contribution in [1.82, 2.24) is 4.98 Å². The van der Waals surface area contributed by atoms with Crippen LogP contribution in [0.5, 0.6) is 5.75 Å². The lowest BCUT2D eigenvalue weighted by atomic mass is 10.2. The third-order valence-corrected chi connectivity index (χ3v) is 3.21. The Kier molecular flexibility index (Phi) is 3.62. The predicted octanol–water partition coefficient (Wildman–Crippen LogP) is 2.63. The van der Waals surface area contributed by atoms with Crippen molar-refractivity contribution < 1.29 is 14.3 Å². The third kappa shape index (κ3) is 2.56. The Morgan fingerprint density at radius 2 is 2.32 bits per heavy atom. The first-order valence-electron chi connectivity index (χ1n) is 6.81. The van der Waals surface area contributed by atoms with Gasteiger partial charge in [-0.3, -0.25) is 0 Å². The van der Waals surface area contributed by atoms with Crippen LogP contribution in [-0.4, -0.2) is 17.6 Å². The lowest BCUT2D eigenvalue weighted by Gasteiger charge is -2.12. The van der Waals surface area contributed by atoms with Gasteiger partial charge in [0.15, 0.2) is 6.23 Å². The van der Waals surface area contributed by atoms with Gasteiger partial charge in [-0.15, -0.1) is 0 Å². The van der Waals surface area contributed by atoms with Gasteiger partial charge >= 0.3 is 5.97 Å². The summed E-state index contributed by atoms with van der Waals surface area (Å²) in [6, 6.07) is 10.6. The van der Waals surface area contributed by atoms with E-state index >= 15 is 0 Å². The quantitative estimate of drug-likeness (QED) is 0.876. The zero-order valence-electron chi connectivity index (χ0n) is 11.9. The van der Waals surface area contributed by atoms with E-state index in [1.54, 1.807) is 37.3 Å². The topological polar surface area (TPSA) is 84.2 Å². The van der Waals surface area contributed by atoms with Crippen LogP contribution in [0.1, 0.15) is 34.8 Å². The Labute approximate surface area is 127 Å². The fraction of sp³-hybridized carbons (Fsp3) is 0.188. The van der Waals surface area contributed by atoms with Crippen LogP contribution in [0.15, 0.2) is 36.5 Å². The van der Waals surface area contributed by atoms with Crippen LogP contribution in [-0.2, 0) is 4.74 Å². The number of hydrogen-bond acceptors (Lipinski definition) is 6. The van der Waals surface area contributed by atoms with Crippen molar-refractivity contribution in [2.24, 2.45) is 0 Å². The van der Waals surface area contributed by atoms with E-state index in [0.29, 0.717) is 17.9 Å². The van der Waals surface area contributed by atoms with Gasteiger partial charge < -0.3 is 14.8 Å². The summed E-state index contributed by atoms with van der Waals surface area (Å²) in [5.74, 6) is 0.199. The smallest absolute Gasteiger partial charge is 0.356 e. The molecule has 1 N–H and O–H groups in total. The van der Waals surface area contributed by atoms with Crippen LogP contribution in [0.3, 0.4) is 0 Å². The van der Waals surface area contributed by atoms with E-state index in [2.05, 4.69) is 16.4 Å². The van der Waals surface area contributed by atoms with E-state index in [0.717, 1.165) is 11.3 Å². The molecule has 1 unspecified atom stereocenters. The van der Waals surface area contributed by atoms with Gasteiger partial charge in [-0.25, -0.2) is 9.78 Å². The summed E-state index contributed by atoms with van der Waals surface area (Å²) in [6.45, 7) is 2.04. The predicted molar refractivity (Wildman–Crippen MR) is 78.3 cm³/mol. The van der Waals surface area contributed by atoms with Crippen molar-refractivity contribution in [2.45, 2.75) is 13.2 Å². The number of hydrogen-bond donors (Lipinski definition) is 1. The first-order chi connectivity index (χ1) is 10.7. The molecule has 2 heterocycles. The summed E-state index contributed by atoms with van der Waals surface area (Å²) in [4.78, 5) is 15.7. The minimum atomic E-state index is -0.466. The average Bonchev–Trinajstić information content (AvgIpc) is 2.98. The van der Waals surface area contributed by atoms with Crippen LogP contribution in [0, 0.1) is 11.3 Å². The number of nitrogens with zero attached hydrogens (tertiary/aromatic N) is 2. The van der Waals surface area contributed by atoms with Crippen molar-refractivity contribution in [3.8, 4) is 11.8 Å². The Balaban J connectivity index is 1.83. The van der Waals surface area contributed by atoms with Gasteiger partial charge in [0, 0.05) is 11.8 Å². The Hall–Kier alpha value is -3.07. The highest BCUT2D eigenvalue weighted by molar-refractivity contribution is 5.87. The highest BCUT2D eigenvalue weighted by Gasteiger charge is 2.24. The summed E-state index contributed by atoms with van der Waals surface area (Å²) in [6.07, 6.45) is 1.11. The van der Waals surface area contributed by atoms with Crippen molar-refractivity contribution in [3.63, 3.8) is 0 Å². The van der Waals surface area contributed by atoms with E-state index in [9.17, 15) is 4.79 Å². The number of fused-ring (bicyclic) bond motifs is 1. The second-order valence-electron chi connectivity index (χ2n) is 4.66. The molecule has 110 valence electrons.